The second kappa shape index (κ2) is 9.02. The highest BCUT2D eigenvalue weighted by molar-refractivity contribution is 7.99. The third kappa shape index (κ3) is 4.67. The number of halogens is 3. The molecular formula is C21H21F3N6O2S. The van der Waals surface area contributed by atoms with Crippen LogP contribution in [0.2, 0.25) is 0 Å². The molecule has 2 aromatic heterocycles. The average Bonchev–Trinajstić information content (AvgIpc) is 3.34. The number of pyridine rings is 1. The SMILES string of the molecule is CC(Sc1nncn1C)c1cc(NCCO)nc(N2Cc3c(cccc3C(F)(F)F)C2=O)c1. The maximum atomic E-state index is 13.5. The van der Waals surface area contributed by atoms with Gasteiger partial charge in [-0.15, -0.1) is 10.2 Å². The van der Waals surface area contributed by atoms with Crippen molar-refractivity contribution >= 4 is 29.3 Å². The molecule has 1 amide bonds. The number of anilines is 2. The number of benzene rings is 1. The van der Waals surface area contributed by atoms with E-state index < -0.39 is 17.6 Å². The summed E-state index contributed by atoms with van der Waals surface area (Å²) < 4.78 is 42.2. The van der Waals surface area contributed by atoms with E-state index in [0.717, 1.165) is 11.6 Å². The molecule has 33 heavy (non-hydrogen) atoms. The highest BCUT2D eigenvalue weighted by Crippen LogP contribution is 2.40. The summed E-state index contributed by atoms with van der Waals surface area (Å²) in [5.41, 5.74) is -0.0814. The summed E-state index contributed by atoms with van der Waals surface area (Å²) in [6, 6.07) is 7.08. The molecule has 1 aromatic carbocycles. The summed E-state index contributed by atoms with van der Waals surface area (Å²) in [7, 11) is 1.82. The first-order chi connectivity index (χ1) is 15.7. The van der Waals surface area contributed by atoms with E-state index in [9.17, 15) is 23.1 Å². The molecule has 8 nitrogen and oxygen atoms in total. The summed E-state index contributed by atoms with van der Waals surface area (Å²) in [6.45, 7) is 1.81. The number of nitrogens with one attached hydrogen (secondary N) is 1. The summed E-state index contributed by atoms with van der Waals surface area (Å²) >= 11 is 1.44. The van der Waals surface area contributed by atoms with Gasteiger partial charge in [-0.3, -0.25) is 9.69 Å². The molecule has 0 saturated heterocycles. The Hall–Kier alpha value is -3.12. The number of amides is 1. The zero-order valence-electron chi connectivity index (χ0n) is 17.8. The number of thioether (sulfide) groups is 1. The third-order valence-electron chi connectivity index (χ3n) is 5.22. The van der Waals surface area contributed by atoms with Crippen molar-refractivity contribution in [1.29, 1.82) is 0 Å². The second-order valence-corrected chi connectivity index (χ2v) is 8.81. The van der Waals surface area contributed by atoms with E-state index in [2.05, 4.69) is 20.5 Å². The maximum absolute atomic E-state index is 13.5. The van der Waals surface area contributed by atoms with Gasteiger partial charge in [-0.05, 0) is 42.3 Å². The van der Waals surface area contributed by atoms with Gasteiger partial charge in [-0.1, -0.05) is 17.8 Å². The minimum atomic E-state index is -4.56. The predicted molar refractivity (Wildman–Crippen MR) is 117 cm³/mol. The molecule has 174 valence electrons. The molecule has 3 heterocycles. The van der Waals surface area contributed by atoms with Crippen molar-refractivity contribution in [1.82, 2.24) is 19.7 Å². The molecule has 0 bridgehead atoms. The first-order valence-corrected chi connectivity index (χ1v) is 11.0. The molecule has 0 aliphatic carbocycles. The highest BCUT2D eigenvalue weighted by Gasteiger charge is 2.40. The molecule has 0 saturated carbocycles. The Morgan fingerprint density at radius 1 is 1.30 bits per heavy atom. The number of alkyl halides is 3. The Labute approximate surface area is 191 Å². The van der Waals surface area contributed by atoms with E-state index in [1.54, 1.807) is 23.0 Å². The Balaban J connectivity index is 1.70. The van der Waals surface area contributed by atoms with E-state index in [0.29, 0.717) is 11.0 Å². The van der Waals surface area contributed by atoms with Crippen molar-refractivity contribution in [2.24, 2.45) is 7.05 Å². The zero-order valence-corrected chi connectivity index (χ0v) is 18.6. The van der Waals surface area contributed by atoms with Crippen LogP contribution in [0.1, 0.15) is 39.2 Å². The van der Waals surface area contributed by atoms with Gasteiger partial charge < -0.3 is 15.0 Å². The van der Waals surface area contributed by atoms with Gasteiger partial charge in [0.2, 0.25) is 0 Å². The average molecular weight is 479 g/mol. The fraction of sp³-hybridized carbons (Fsp3) is 0.333. The maximum Gasteiger partial charge on any atom is 0.416 e. The van der Waals surface area contributed by atoms with Crippen LogP contribution in [0.15, 0.2) is 41.8 Å². The van der Waals surface area contributed by atoms with Crippen molar-refractivity contribution in [3.05, 3.63) is 58.9 Å². The number of aliphatic hydroxyl groups is 1. The second-order valence-electron chi connectivity index (χ2n) is 7.50. The van der Waals surface area contributed by atoms with Crippen LogP contribution in [0.25, 0.3) is 0 Å². The normalized spacial score (nSPS) is 14.5. The number of rotatable bonds is 7. The number of hydrogen-bond acceptors (Lipinski definition) is 7. The van der Waals surface area contributed by atoms with Gasteiger partial charge in [0, 0.05) is 24.4 Å². The van der Waals surface area contributed by atoms with Gasteiger partial charge in [0.25, 0.3) is 5.91 Å². The van der Waals surface area contributed by atoms with Gasteiger partial charge in [0.05, 0.1) is 18.7 Å². The van der Waals surface area contributed by atoms with Crippen molar-refractivity contribution < 1.29 is 23.1 Å². The molecule has 4 rings (SSSR count). The minimum Gasteiger partial charge on any atom is -0.395 e. The number of aryl methyl sites for hydroxylation is 1. The zero-order chi connectivity index (χ0) is 23.8. The number of carbonyl (C=O) groups is 1. The van der Waals surface area contributed by atoms with E-state index in [1.807, 2.05) is 14.0 Å². The first kappa shape index (κ1) is 23.1. The summed E-state index contributed by atoms with van der Waals surface area (Å²) in [5.74, 6) is 0.0944. The van der Waals surface area contributed by atoms with Crippen molar-refractivity contribution in [2.75, 3.05) is 23.4 Å². The molecule has 3 aromatic rings. The summed E-state index contributed by atoms with van der Waals surface area (Å²) in [4.78, 5) is 18.7. The Morgan fingerprint density at radius 2 is 2.09 bits per heavy atom. The van der Waals surface area contributed by atoms with Crippen LogP contribution in [0.5, 0.6) is 0 Å². The van der Waals surface area contributed by atoms with Gasteiger partial charge in [0.15, 0.2) is 5.16 Å². The lowest BCUT2D eigenvalue weighted by molar-refractivity contribution is -0.138. The van der Waals surface area contributed by atoms with Gasteiger partial charge >= 0.3 is 6.18 Å². The monoisotopic (exact) mass is 478 g/mol. The van der Waals surface area contributed by atoms with Crippen LogP contribution >= 0.6 is 11.8 Å². The van der Waals surface area contributed by atoms with Crippen molar-refractivity contribution in [3.8, 4) is 0 Å². The topological polar surface area (TPSA) is 96.2 Å². The van der Waals surface area contributed by atoms with Gasteiger partial charge in [0.1, 0.15) is 18.0 Å². The highest BCUT2D eigenvalue weighted by atomic mass is 32.2. The molecule has 1 atom stereocenters. The molecule has 2 N–H and O–H groups in total. The number of nitrogens with zero attached hydrogens (tertiary/aromatic N) is 5. The number of aromatic nitrogens is 4. The Morgan fingerprint density at radius 3 is 2.76 bits per heavy atom. The van der Waals surface area contributed by atoms with Gasteiger partial charge in [-0.25, -0.2) is 4.98 Å². The molecule has 1 aliphatic rings. The molecular weight excluding hydrogens is 457 g/mol. The third-order valence-corrected chi connectivity index (χ3v) is 6.43. The van der Waals surface area contributed by atoms with E-state index >= 15 is 0 Å². The lowest BCUT2D eigenvalue weighted by atomic mass is 10.0. The predicted octanol–water partition coefficient (Wildman–Crippen LogP) is 3.65. The quantitative estimate of drug-likeness (QED) is 0.501. The Kier molecular flexibility index (Phi) is 6.30. The van der Waals surface area contributed by atoms with Crippen LogP contribution in [0, 0.1) is 0 Å². The lowest BCUT2D eigenvalue weighted by Gasteiger charge is -2.20. The van der Waals surface area contributed by atoms with Crippen molar-refractivity contribution in [2.45, 2.75) is 30.1 Å². The Bertz CT molecular complexity index is 1180. The largest absolute Gasteiger partial charge is 0.416 e. The molecule has 1 aliphatic heterocycles. The van der Waals surface area contributed by atoms with E-state index in [-0.39, 0.29) is 41.9 Å². The van der Waals surface area contributed by atoms with Gasteiger partial charge in [-0.2, -0.15) is 13.2 Å². The summed E-state index contributed by atoms with van der Waals surface area (Å²) in [6.07, 6.45) is -2.98. The van der Waals surface area contributed by atoms with Crippen LogP contribution in [0.4, 0.5) is 24.8 Å². The first-order valence-electron chi connectivity index (χ1n) is 10.1. The van der Waals surface area contributed by atoms with E-state index in [4.69, 9.17) is 0 Å². The standard InChI is InChI=1S/C21H21F3N6O2S/c1-12(33-20-28-26-11-29(20)2)13-8-17(25-6-7-31)27-18(9-13)30-10-15-14(19(30)32)4-3-5-16(15)21(22,23)24/h3-5,8-9,11-12,31H,6-7,10H2,1-2H3,(H,25,27). The molecule has 12 heteroatoms. The fourth-order valence-corrected chi connectivity index (χ4v) is 4.47. The molecule has 0 fully saturated rings. The summed E-state index contributed by atoms with van der Waals surface area (Å²) in [5, 5.41) is 20.6. The van der Waals surface area contributed by atoms with Crippen LogP contribution < -0.4 is 10.2 Å². The number of fused-ring (bicyclic) bond motifs is 1. The number of hydrogen-bond donors (Lipinski definition) is 2. The lowest BCUT2D eigenvalue weighted by Crippen LogP contribution is -2.25. The number of aliphatic hydroxyl groups excluding tert-OH is 1. The van der Waals surface area contributed by atoms with E-state index in [1.165, 1.54) is 28.8 Å². The van der Waals surface area contributed by atoms with Crippen LogP contribution in [0.3, 0.4) is 0 Å². The van der Waals surface area contributed by atoms with Crippen LogP contribution in [-0.2, 0) is 19.8 Å². The number of carbonyl (C=O) groups excluding carboxylic acids is 1. The molecule has 0 radical (unpaired) electrons. The smallest absolute Gasteiger partial charge is 0.395 e. The molecule has 0 spiro atoms. The van der Waals surface area contributed by atoms with Crippen molar-refractivity contribution in [3.63, 3.8) is 0 Å². The minimum absolute atomic E-state index is 0.0170. The van der Waals surface area contributed by atoms with Crippen LogP contribution in [-0.4, -0.2) is 43.9 Å². The fourth-order valence-electron chi connectivity index (χ4n) is 3.57. The molecule has 1 unspecified atom stereocenters.